The average molecular weight is 1380 g/mol. The molecule has 3 aromatic heterocycles. The lowest BCUT2D eigenvalue weighted by molar-refractivity contribution is -0.288. The third-order valence-corrected chi connectivity index (χ3v) is 18.0. The van der Waals surface area contributed by atoms with Gasteiger partial charge in [-0.25, -0.2) is 29.9 Å². The number of alkyl halides is 6. The lowest BCUT2D eigenvalue weighted by Crippen LogP contribution is -2.54. The highest BCUT2D eigenvalue weighted by molar-refractivity contribution is 5.79. The minimum Gasteiger partial charge on any atom is -0.457 e. The first-order valence-electron chi connectivity index (χ1n) is 33.4. The van der Waals surface area contributed by atoms with E-state index in [1.54, 1.807) is 36.4 Å². The molecule has 0 N–H and O–H groups in total. The van der Waals surface area contributed by atoms with Gasteiger partial charge in [-0.05, 0) is 118 Å². The summed E-state index contributed by atoms with van der Waals surface area (Å²) in [6, 6.07) is 91.4. The van der Waals surface area contributed by atoms with E-state index in [4.69, 9.17) is 49.6 Å². The first kappa shape index (κ1) is 66.8. The second-order valence-electron chi connectivity index (χ2n) is 25.8. The predicted molar refractivity (Wildman–Crippen MR) is 394 cm³/mol. The standard InChI is InChI=1S/C87H61F6N9O2/c1-84(2,3)67-40-33-65(34-41-67)83-101-100-82(64-31-29-57(30-32-64)56-19-9-4-10-20-56)102(83)70-46-35-58(36-47-70)74-55-66(81-98-78(61-25-15-7-16-26-61)95-79(99-81)62-27-17-8-18-28-62)39-54-75(74)104-73-52-44-69(45-53-73)85(86(88,89)90,87(91,92)93)68-42-50-72(51-43-68)103-71-48-37-63(38-49-71)80-96-76(59-21-11-5-12-22-59)94-77(97-80)60-23-13-6-14-24-60/h4-55H,1-3H3. The van der Waals surface area contributed by atoms with Gasteiger partial charge in [0.2, 0.25) is 5.41 Å². The van der Waals surface area contributed by atoms with E-state index >= 15 is 26.3 Å². The zero-order valence-corrected chi connectivity index (χ0v) is 56.1. The summed E-state index contributed by atoms with van der Waals surface area (Å²) in [5, 5.41) is 9.61. The molecule has 508 valence electrons. The second kappa shape index (κ2) is 27.8. The molecule has 12 aromatic carbocycles. The van der Waals surface area contributed by atoms with Crippen LogP contribution >= 0.6 is 0 Å². The lowest BCUT2D eigenvalue weighted by Gasteiger charge is -2.38. The molecular weight excluding hydrogens is 1320 g/mol. The van der Waals surface area contributed by atoms with E-state index in [0.29, 0.717) is 74.5 Å². The Morgan fingerprint density at radius 3 is 0.942 bits per heavy atom. The van der Waals surface area contributed by atoms with Crippen LogP contribution < -0.4 is 9.47 Å². The summed E-state index contributed by atoms with van der Waals surface area (Å²) in [4.78, 5) is 29.1. The third kappa shape index (κ3) is 13.6. The van der Waals surface area contributed by atoms with Crippen molar-refractivity contribution in [1.82, 2.24) is 44.7 Å². The summed E-state index contributed by atoms with van der Waals surface area (Å²) in [6.07, 6.45) is -11.8. The van der Waals surface area contributed by atoms with Gasteiger partial charge in [-0.2, -0.15) is 26.3 Å². The van der Waals surface area contributed by atoms with Crippen LogP contribution in [-0.2, 0) is 10.8 Å². The quantitative estimate of drug-likeness (QED) is 0.0813. The summed E-state index contributed by atoms with van der Waals surface area (Å²) in [6.45, 7) is 6.47. The van der Waals surface area contributed by atoms with Crippen LogP contribution in [0.3, 0.4) is 0 Å². The maximum absolute atomic E-state index is 15.9. The highest BCUT2D eigenvalue weighted by Gasteiger charge is 2.72. The molecule has 0 saturated carbocycles. The first-order valence-corrected chi connectivity index (χ1v) is 33.4. The van der Waals surface area contributed by atoms with Gasteiger partial charge in [-0.1, -0.05) is 257 Å². The van der Waals surface area contributed by atoms with Crippen molar-refractivity contribution in [1.29, 1.82) is 0 Å². The smallest absolute Gasteiger partial charge is 0.411 e. The van der Waals surface area contributed by atoms with Crippen molar-refractivity contribution >= 4 is 0 Å². The normalized spacial score (nSPS) is 11.9. The monoisotopic (exact) mass is 1380 g/mol. The fourth-order valence-corrected chi connectivity index (χ4v) is 12.6. The molecule has 104 heavy (non-hydrogen) atoms. The van der Waals surface area contributed by atoms with Crippen LogP contribution in [0.15, 0.2) is 315 Å². The highest BCUT2D eigenvalue weighted by atomic mass is 19.4. The van der Waals surface area contributed by atoms with Gasteiger partial charge in [0.05, 0.1) is 0 Å². The Bertz CT molecular complexity index is 5370. The molecule has 0 aliphatic rings. The first-order chi connectivity index (χ1) is 50.4. The van der Waals surface area contributed by atoms with Gasteiger partial charge < -0.3 is 9.47 Å². The number of ether oxygens (including phenoxy) is 2. The topological polar surface area (TPSA) is 127 Å². The molecule has 0 aliphatic heterocycles. The van der Waals surface area contributed by atoms with Crippen molar-refractivity contribution in [2.45, 2.75) is 44.0 Å². The van der Waals surface area contributed by atoms with Crippen LogP contribution in [0, 0.1) is 0 Å². The molecule has 0 bridgehead atoms. The van der Waals surface area contributed by atoms with Gasteiger partial charge in [-0.15, -0.1) is 10.2 Å². The number of hydrogen-bond acceptors (Lipinski definition) is 10. The summed E-state index contributed by atoms with van der Waals surface area (Å²) in [7, 11) is 0. The summed E-state index contributed by atoms with van der Waals surface area (Å²) >= 11 is 0. The second-order valence-corrected chi connectivity index (χ2v) is 25.8. The molecule has 0 spiro atoms. The molecule has 15 rings (SSSR count). The Labute approximate surface area is 595 Å². The van der Waals surface area contributed by atoms with E-state index in [0.717, 1.165) is 98.6 Å². The Hall–Kier alpha value is -13.0. The van der Waals surface area contributed by atoms with Crippen LogP contribution in [0.2, 0.25) is 0 Å². The van der Waals surface area contributed by atoms with Gasteiger partial charge >= 0.3 is 12.4 Å². The SMILES string of the molecule is CC(C)(C)c1ccc(-c2nnc(-c3ccc(-c4ccccc4)cc3)n2-c2ccc(-c3cc(-c4nc(-c5ccccc5)nc(-c5ccccc5)n4)ccc3Oc3ccc(C(c4ccc(Oc5ccc(-c6nc(-c7ccccc7)nc(-c7ccccc7)n6)cc5)cc4)(C(F)(F)F)C(F)(F)F)cc3)cc2)cc1. The van der Waals surface area contributed by atoms with Gasteiger partial charge in [0.1, 0.15) is 23.0 Å². The Balaban J connectivity index is 0.771. The van der Waals surface area contributed by atoms with Crippen molar-refractivity contribution in [3.05, 3.63) is 332 Å². The minimum atomic E-state index is -5.90. The average Bonchev–Trinajstić information content (AvgIpc) is 0.926. The summed E-state index contributed by atoms with van der Waals surface area (Å²) < 4.78 is 110. The van der Waals surface area contributed by atoms with Gasteiger partial charge in [0.25, 0.3) is 0 Å². The van der Waals surface area contributed by atoms with Crippen LogP contribution in [0.4, 0.5) is 26.3 Å². The summed E-state index contributed by atoms with van der Waals surface area (Å²) in [5.74, 6) is 3.98. The van der Waals surface area contributed by atoms with Crippen LogP contribution in [0.1, 0.15) is 37.5 Å². The van der Waals surface area contributed by atoms with E-state index in [1.807, 2.05) is 211 Å². The predicted octanol–water partition coefficient (Wildman–Crippen LogP) is 22.6. The lowest BCUT2D eigenvalue weighted by atomic mass is 9.73. The minimum absolute atomic E-state index is 0.0123. The Morgan fingerprint density at radius 2 is 0.558 bits per heavy atom. The largest absolute Gasteiger partial charge is 0.457 e. The molecular formula is C87H61F6N9O2. The fraction of sp³-hybridized carbons (Fsp3) is 0.0805. The van der Waals surface area contributed by atoms with Crippen molar-refractivity contribution < 1.29 is 35.8 Å². The van der Waals surface area contributed by atoms with Gasteiger partial charge in [0, 0.05) is 55.8 Å². The van der Waals surface area contributed by atoms with E-state index in [1.165, 1.54) is 0 Å². The number of nitrogens with zero attached hydrogens (tertiary/aromatic N) is 9. The number of benzene rings is 12. The van der Waals surface area contributed by atoms with Crippen molar-refractivity contribution in [3.63, 3.8) is 0 Å². The molecule has 0 amide bonds. The molecule has 11 nitrogen and oxygen atoms in total. The van der Waals surface area contributed by atoms with Crippen LogP contribution in [0.25, 0.3) is 119 Å². The summed E-state index contributed by atoms with van der Waals surface area (Å²) in [5.41, 5.74) is 4.12. The molecule has 0 radical (unpaired) electrons. The molecule has 0 fully saturated rings. The van der Waals surface area contributed by atoms with Crippen molar-refractivity contribution in [2.75, 3.05) is 0 Å². The maximum Gasteiger partial charge on any atom is 0.411 e. The van der Waals surface area contributed by atoms with Gasteiger partial charge in [-0.3, -0.25) is 4.57 Å². The zero-order chi connectivity index (χ0) is 71.6. The van der Waals surface area contributed by atoms with Crippen LogP contribution in [0.5, 0.6) is 23.0 Å². The molecule has 0 unspecified atom stereocenters. The molecule has 17 heteroatoms. The molecule has 0 atom stereocenters. The Kier molecular flexibility index (Phi) is 17.9. The zero-order valence-electron chi connectivity index (χ0n) is 56.1. The van der Waals surface area contributed by atoms with E-state index in [2.05, 4.69) is 45.0 Å². The third-order valence-electron chi connectivity index (χ3n) is 18.0. The number of rotatable bonds is 17. The molecule has 15 aromatic rings. The van der Waals surface area contributed by atoms with Crippen molar-refractivity contribution in [3.8, 4) is 142 Å². The number of hydrogen-bond donors (Lipinski definition) is 0. The van der Waals surface area contributed by atoms with E-state index in [9.17, 15) is 0 Å². The Morgan fingerprint density at radius 1 is 0.269 bits per heavy atom. The molecule has 0 aliphatic carbocycles. The molecule has 0 saturated heterocycles. The van der Waals surface area contributed by atoms with E-state index in [-0.39, 0.29) is 28.4 Å². The fourth-order valence-electron chi connectivity index (χ4n) is 12.6. The number of aromatic nitrogens is 9. The highest BCUT2D eigenvalue weighted by Crippen LogP contribution is 2.57. The maximum atomic E-state index is 15.9. The van der Waals surface area contributed by atoms with E-state index < -0.39 is 28.9 Å². The number of halogens is 6. The van der Waals surface area contributed by atoms with Crippen molar-refractivity contribution in [2.24, 2.45) is 0 Å². The molecule has 3 heterocycles. The van der Waals surface area contributed by atoms with Crippen LogP contribution in [-0.4, -0.2) is 57.0 Å². The van der Waals surface area contributed by atoms with Gasteiger partial charge in [0.15, 0.2) is 46.6 Å².